The molecule has 1 aromatic carbocycles. The van der Waals surface area contributed by atoms with E-state index in [0.29, 0.717) is 16.8 Å². The fourth-order valence-electron chi connectivity index (χ4n) is 3.21. The van der Waals surface area contributed by atoms with Crippen LogP contribution in [0.2, 0.25) is 0 Å². The fraction of sp³-hybridized carbons (Fsp3) is 0.321. The lowest BCUT2D eigenvalue weighted by atomic mass is 9.89. The molecular formula is C28H31F3N4. The van der Waals surface area contributed by atoms with Crippen molar-refractivity contribution in [3.8, 4) is 17.3 Å². The second-order valence-corrected chi connectivity index (χ2v) is 8.76. The van der Waals surface area contributed by atoms with E-state index in [1.165, 1.54) is 12.4 Å². The second kappa shape index (κ2) is 12.2. The van der Waals surface area contributed by atoms with Gasteiger partial charge in [-0.3, -0.25) is 4.99 Å². The average Bonchev–Trinajstić information content (AvgIpc) is 2.81. The Morgan fingerprint density at radius 3 is 2.51 bits per heavy atom. The SMILES string of the molecule is CC/C=C/C=C\c1ccc(-c2nc(C#N)ccc2/C(C=NCCC(C)(C)C(F)(F)F)=C/N)cc1C. The van der Waals surface area contributed by atoms with Crippen LogP contribution in [0, 0.1) is 23.7 Å². The van der Waals surface area contributed by atoms with Gasteiger partial charge >= 0.3 is 6.18 Å². The third kappa shape index (κ3) is 7.41. The number of aromatic nitrogens is 1. The predicted molar refractivity (Wildman–Crippen MR) is 138 cm³/mol. The summed E-state index contributed by atoms with van der Waals surface area (Å²) in [4.78, 5) is 8.68. The Morgan fingerprint density at radius 1 is 1.17 bits per heavy atom. The van der Waals surface area contributed by atoms with E-state index in [4.69, 9.17) is 5.73 Å². The van der Waals surface area contributed by atoms with Crippen LogP contribution in [0.1, 0.15) is 56.0 Å². The number of halogens is 3. The number of nitrogens with two attached hydrogens (primary N) is 1. The zero-order valence-corrected chi connectivity index (χ0v) is 20.5. The van der Waals surface area contributed by atoms with Gasteiger partial charge in [0.25, 0.3) is 0 Å². The van der Waals surface area contributed by atoms with Crippen molar-refractivity contribution in [3.05, 3.63) is 77.1 Å². The van der Waals surface area contributed by atoms with Crippen molar-refractivity contribution in [1.29, 1.82) is 5.26 Å². The monoisotopic (exact) mass is 480 g/mol. The van der Waals surface area contributed by atoms with Crippen molar-refractivity contribution in [3.63, 3.8) is 0 Å². The van der Waals surface area contributed by atoms with Crippen molar-refractivity contribution in [2.45, 2.75) is 46.7 Å². The molecule has 35 heavy (non-hydrogen) atoms. The number of alkyl halides is 3. The van der Waals surface area contributed by atoms with Gasteiger partial charge in [-0.05, 0) is 49.1 Å². The molecule has 2 rings (SSSR count). The molecule has 0 amide bonds. The molecule has 1 heterocycles. The van der Waals surface area contributed by atoms with Gasteiger partial charge < -0.3 is 5.73 Å². The maximum Gasteiger partial charge on any atom is 0.394 e. The normalized spacial score (nSPS) is 13.3. The highest BCUT2D eigenvalue weighted by Gasteiger charge is 2.46. The lowest BCUT2D eigenvalue weighted by Gasteiger charge is -2.26. The number of hydrogen-bond acceptors (Lipinski definition) is 4. The third-order valence-corrected chi connectivity index (χ3v) is 5.67. The molecule has 0 spiro atoms. The van der Waals surface area contributed by atoms with Crippen molar-refractivity contribution in [1.82, 2.24) is 4.98 Å². The molecule has 1 aromatic heterocycles. The highest BCUT2D eigenvalue weighted by molar-refractivity contribution is 6.11. The first kappa shape index (κ1) is 27.6. The summed E-state index contributed by atoms with van der Waals surface area (Å²) in [5.41, 5.74) is 8.83. The Labute approximate surface area is 205 Å². The summed E-state index contributed by atoms with van der Waals surface area (Å²) in [6.45, 7) is 6.38. The molecule has 2 N–H and O–H groups in total. The molecule has 0 fully saturated rings. The number of benzene rings is 1. The van der Waals surface area contributed by atoms with Crippen LogP contribution in [0.25, 0.3) is 22.9 Å². The van der Waals surface area contributed by atoms with Gasteiger partial charge in [0, 0.05) is 35.7 Å². The fourth-order valence-corrected chi connectivity index (χ4v) is 3.21. The predicted octanol–water partition coefficient (Wildman–Crippen LogP) is 7.26. The quantitative estimate of drug-likeness (QED) is 0.303. The van der Waals surface area contributed by atoms with Crippen LogP contribution in [0.3, 0.4) is 0 Å². The summed E-state index contributed by atoms with van der Waals surface area (Å²) < 4.78 is 39.3. The summed E-state index contributed by atoms with van der Waals surface area (Å²) in [5, 5.41) is 9.36. The minimum atomic E-state index is -4.30. The van der Waals surface area contributed by atoms with E-state index in [9.17, 15) is 18.4 Å². The maximum absolute atomic E-state index is 13.1. The van der Waals surface area contributed by atoms with Gasteiger partial charge in [0.15, 0.2) is 0 Å². The minimum absolute atomic E-state index is 0.00446. The molecule has 184 valence electrons. The number of nitrogens with zero attached hydrogens (tertiary/aromatic N) is 3. The molecule has 0 aliphatic heterocycles. The van der Waals surface area contributed by atoms with Crippen molar-refractivity contribution in [2.75, 3.05) is 6.54 Å². The Kier molecular flexibility index (Phi) is 9.59. The number of rotatable bonds is 9. The topological polar surface area (TPSA) is 75.1 Å². The van der Waals surface area contributed by atoms with Crippen molar-refractivity contribution >= 4 is 17.9 Å². The maximum atomic E-state index is 13.1. The first-order chi connectivity index (χ1) is 16.5. The molecule has 0 saturated heterocycles. The van der Waals surface area contributed by atoms with E-state index in [-0.39, 0.29) is 18.7 Å². The summed E-state index contributed by atoms with van der Waals surface area (Å²) in [6.07, 6.45) is 7.38. The highest BCUT2D eigenvalue weighted by atomic mass is 19.4. The molecule has 7 heteroatoms. The first-order valence-corrected chi connectivity index (χ1v) is 11.4. The highest BCUT2D eigenvalue weighted by Crippen LogP contribution is 2.40. The molecule has 0 unspecified atom stereocenters. The van der Waals surface area contributed by atoms with Crippen LogP contribution >= 0.6 is 0 Å². The van der Waals surface area contributed by atoms with Gasteiger partial charge in [-0.15, -0.1) is 0 Å². The van der Waals surface area contributed by atoms with Gasteiger partial charge in [0.05, 0.1) is 11.1 Å². The molecule has 4 nitrogen and oxygen atoms in total. The van der Waals surface area contributed by atoms with Crippen LogP contribution < -0.4 is 5.73 Å². The summed E-state index contributed by atoms with van der Waals surface area (Å²) in [7, 11) is 0. The zero-order valence-electron chi connectivity index (χ0n) is 20.5. The standard InChI is InChI=1S/C28H31F3N4/c1-5-6-7-8-9-21-10-11-22(16-20(21)2)26-25(13-12-24(18-33)35-26)23(17-32)19-34-15-14-27(3,4)28(29,30)31/h6-13,16-17,19H,5,14-15,32H2,1-4H3/b7-6+,9-8-,23-17+,34-19?. The summed E-state index contributed by atoms with van der Waals surface area (Å²) in [5.74, 6) is 0. The smallest absolute Gasteiger partial charge is 0.394 e. The summed E-state index contributed by atoms with van der Waals surface area (Å²) >= 11 is 0. The van der Waals surface area contributed by atoms with Crippen LogP contribution in [0.4, 0.5) is 13.2 Å². The van der Waals surface area contributed by atoms with E-state index in [0.717, 1.165) is 37.0 Å². The van der Waals surface area contributed by atoms with Crippen LogP contribution in [0.15, 0.2) is 59.8 Å². The Morgan fingerprint density at radius 2 is 1.91 bits per heavy atom. The third-order valence-electron chi connectivity index (χ3n) is 5.67. The van der Waals surface area contributed by atoms with Crippen LogP contribution in [0.5, 0.6) is 0 Å². The Hall–Kier alpha value is -3.66. The molecule has 0 aliphatic carbocycles. The van der Waals surface area contributed by atoms with Gasteiger partial charge in [0.1, 0.15) is 11.8 Å². The zero-order chi connectivity index (χ0) is 26.1. The lowest BCUT2D eigenvalue weighted by Crippen LogP contribution is -2.32. The molecule has 0 aliphatic rings. The number of allylic oxidation sites excluding steroid dienone is 4. The molecular weight excluding hydrogens is 449 g/mol. The molecule has 0 saturated carbocycles. The number of aliphatic imine (C=N–C) groups is 1. The molecule has 0 bridgehead atoms. The van der Waals surface area contributed by atoms with Crippen LogP contribution in [-0.2, 0) is 0 Å². The molecule has 0 radical (unpaired) electrons. The Balaban J connectivity index is 2.38. The molecule has 2 aromatic rings. The van der Waals surface area contributed by atoms with Crippen molar-refractivity contribution < 1.29 is 13.2 Å². The van der Waals surface area contributed by atoms with E-state index in [2.05, 4.69) is 23.0 Å². The first-order valence-electron chi connectivity index (χ1n) is 11.4. The largest absolute Gasteiger partial charge is 0.404 e. The van der Waals surface area contributed by atoms with Gasteiger partial charge in [-0.1, -0.05) is 57.2 Å². The lowest BCUT2D eigenvalue weighted by molar-refractivity contribution is -0.212. The van der Waals surface area contributed by atoms with Crippen LogP contribution in [-0.4, -0.2) is 23.9 Å². The number of aryl methyl sites for hydroxylation is 1. The second-order valence-electron chi connectivity index (χ2n) is 8.76. The minimum Gasteiger partial charge on any atom is -0.404 e. The van der Waals surface area contributed by atoms with Crippen molar-refractivity contribution in [2.24, 2.45) is 16.1 Å². The van der Waals surface area contributed by atoms with E-state index >= 15 is 0 Å². The number of pyridine rings is 1. The van der Waals surface area contributed by atoms with Gasteiger partial charge in [0.2, 0.25) is 0 Å². The molecule has 0 atom stereocenters. The van der Waals surface area contributed by atoms with Gasteiger partial charge in [-0.2, -0.15) is 18.4 Å². The average molecular weight is 481 g/mol. The van der Waals surface area contributed by atoms with E-state index in [1.807, 2.05) is 49.4 Å². The van der Waals surface area contributed by atoms with E-state index < -0.39 is 11.6 Å². The number of nitriles is 1. The van der Waals surface area contributed by atoms with Gasteiger partial charge in [-0.25, -0.2) is 4.98 Å². The summed E-state index contributed by atoms with van der Waals surface area (Å²) in [6, 6.07) is 11.2. The van der Waals surface area contributed by atoms with E-state index in [1.54, 1.807) is 12.1 Å². The Bertz CT molecular complexity index is 1180. The number of hydrogen-bond donors (Lipinski definition) is 1.